The fraction of sp³-hybridized carbons (Fsp3) is 0.0833. The molecule has 0 atom stereocenters. The molecule has 0 aromatic carbocycles. The molecule has 2 rings (SSSR count). The summed E-state index contributed by atoms with van der Waals surface area (Å²) in [4.78, 5) is 19.0. The van der Waals surface area contributed by atoms with Crippen molar-refractivity contribution in [2.75, 3.05) is 7.11 Å². The minimum absolute atomic E-state index is 0.00730. The van der Waals surface area contributed by atoms with Gasteiger partial charge >= 0.3 is 5.97 Å². The highest BCUT2D eigenvalue weighted by Crippen LogP contribution is 2.17. The molecule has 2 aromatic rings. The fourth-order valence-electron chi connectivity index (χ4n) is 1.37. The van der Waals surface area contributed by atoms with E-state index in [9.17, 15) is 4.79 Å². The molecule has 0 unspecified atom stereocenters. The van der Waals surface area contributed by atoms with Crippen LogP contribution < -0.4 is 4.74 Å². The van der Waals surface area contributed by atoms with E-state index in [2.05, 4.69) is 9.97 Å². The standard InChI is InChI=1S/C12H10N2O3/c1-17-11-7-3-5-9(14-11)8-4-2-6-10(13-8)12(15)16/h2-7H,1H3,(H,15,16). The minimum atomic E-state index is -1.06. The number of aromatic carboxylic acids is 1. The Hall–Kier alpha value is -2.43. The highest BCUT2D eigenvalue weighted by molar-refractivity contribution is 5.85. The molecule has 0 aliphatic rings. The first-order valence-electron chi connectivity index (χ1n) is 4.92. The molecule has 5 heteroatoms. The summed E-state index contributed by atoms with van der Waals surface area (Å²) >= 11 is 0. The topological polar surface area (TPSA) is 72.3 Å². The second-order valence-electron chi connectivity index (χ2n) is 3.28. The average Bonchev–Trinajstić information content (AvgIpc) is 2.39. The van der Waals surface area contributed by atoms with Gasteiger partial charge in [0.15, 0.2) is 0 Å². The second-order valence-corrected chi connectivity index (χ2v) is 3.28. The van der Waals surface area contributed by atoms with E-state index >= 15 is 0 Å². The number of hydrogen-bond donors (Lipinski definition) is 1. The van der Waals surface area contributed by atoms with Crippen LogP contribution >= 0.6 is 0 Å². The summed E-state index contributed by atoms with van der Waals surface area (Å²) < 4.78 is 5.00. The third-order valence-corrected chi connectivity index (χ3v) is 2.16. The van der Waals surface area contributed by atoms with Gasteiger partial charge in [0.25, 0.3) is 0 Å². The lowest BCUT2D eigenvalue weighted by Crippen LogP contribution is -2.01. The van der Waals surface area contributed by atoms with Crippen LogP contribution in [0.15, 0.2) is 36.4 Å². The maximum absolute atomic E-state index is 10.8. The van der Waals surface area contributed by atoms with Crippen molar-refractivity contribution >= 4 is 5.97 Å². The van der Waals surface area contributed by atoms with Crippen LogP contribution in [0.25, 0.3) is 11.4 Å². The fourth-order valence-corrected chi connectivity index (χ4v) is 1.37. The third kappa shape index (κ3) is 2.39. The maximum atomic E-state index is 10.8. The first-order chi connectivity index (χ1) is 8.20. The molecule has 0 aliphatic carbocycles. The third-order valence-electron chi connectivity index (χ3n) is 2.16. The maximum Gasteiger partial charge on any atom is 0.354 e. The predicted octanol–water partition coefficient (Wildman–Crippen LogP) is 1.85. The molecule has 0 amide bonds. The van der Waals surface area contributed by atoms with Crippen molar-refractivity contribution in [1.29, 1.82) is 0 Å². The number of methoxy groups -OCH3 is 1. The quantitative estimate of drug-likeness (QED) is 0.871. The van der Waals surface area contributed by atoms with Gasteiger partial charge in [0.1, 0.15) is 5.69 Å². The van der Waals surface area contributed by atoms with E-state index in [-0.39, 0.29) is 5.69 Å². The molecule has 1 N–H and O–H groups in total. The lowest BCUT2D eigenvalue weighted by molar-refractivity contribution is 0.0690. The summed E-state index contributed by atoms with van der Waals surface area (Å²) in [7, 11) is 1.52. The Morgan fingerprint density at radius 2 is 1.76 bits per heavy atom. The molecule has 0 radical (unpaired) electrons. The molecule has 86 valence electrons. The van der Waals surface area contributed by atoms with Gasteiger partial charge in [-0.2, -0.15) is 0 Å². The van der Waals surface area contributed by atoms with Crippen molar-refractivity contribution < 1.29 is 14.6 Å². The van der Waals surface area contributed by atoms with Gasteiger partial charge in [-0.15, -0.1) is 0 Å². The zero-order valence-electron chi connectivity index (χ0n) is 9.12. The molecular formula is C12H10N2O3. The van der Waals surface area contributed by atoms with Crippen LogP contribution in [-0.4, -0.2) is 28.2 Å². The van der Waals surface area contributed by atoms with Crippen LogP contribution in [0.3, 0.4) is 0 Å². The number of carboxylic acid groups (broad SMARTS) is 1. The van der Waals surface area contributed by atoms with Crippen LogP contribution in [0, 0.1) is 0 Å². The molecule has 0 fully saturated rings. The lowest BCUT2D eigenvalue weighted by atomic mass is 10.2. The van der Waals surface area contributed by atoms with E-state index < -0.39 is 5.97 Å². The monoisotopic (exact) mass is 230 g/mol. The van der Waals surface area contributed by atoms with E-state index in [4.69, 9.17) is 9.84 Å². The Morgan fingerprint density at radius 3 is 2.41 bits per heavy atom. The van der Waals surface area contributed by atoms with Gasteiger partial charge in [-0.1, -0.05) is 12.1 Å². The molecule has 2 heterocycles. The number of pyridine rings is 2. The van der Waals surface area contributed by atoms with Crippen molar-refractivity contribution in [1.82, 2.24) is 9.97 Å². The van der Waals surface area contributed by atoms with Gasteiger partial charge < -0.3 is 9.84 Å². The van der Waals surface area contributed by atoms with Crippen LogP contribution in [-0.2, 0) is 0 Å². The molecule has 0 bridgehead atoms. The normalized spacial score (nSPS) is 9.94. The Morgan fingerprint density at radius 1 is 1.12 bits per heavy atom. The van der Waals surface area contributed by atoms with E-state index in [1.54, 1.807) is 30.3 Å². The Bertz CT molecular complexity index is 555. The summed E-state index contributed by atoms with van der Waals surface area (Å²) in [5.41, 5.74) is 1.07. The molecule has 17 heavy (non-hydrogen) atoms. The Kier molecular flexibility index (Phi) is 3.00. The first-order valence-corrected chi connectivity index (χ1v) is 4.92. The van der Waals surface area contributed by atoms with E-state index in [1.807, 2.05) is 0 Å². The molecule has 0 aliphatic heterocycles. The number of nitrogens with zero attached hydrogens (tertiary/aromatic N) is 2. The summed E-state index contributed by atoms with van der Waals surface area (Å²) in [6.07, 6.45) is 0. The number of ether oxygens (including phenoxy) is 1. The number of hydrogen-bond acceptors (Lipinski definition) is 4. The SMILES string of the molecule is COc1cccc(-c2cccc(C(=O)O)n2)n1. The van der Waals surface area contributed by atoms with Crippen molar-refractivity contribution in [2.45, 2.75) is 0 Å². The van der Waals surface area contributed by atoms with E-state index in [0.29, 0.717) is 17.3 Å². The van der Waals surface area contributed by atoms with Crippen molar-refractivity contribution in [3.8, 4) is 17.3 Å². The van der Waals surface area contributed by atoms with Crippen molar-refractivity contribution in [2.24, 2.45) is 0 Å². The molecule has 5 nitrogen and oxygen atoms in total. The molecule has 0 saturated carbocycles. The largest absolute Gasteiger partial charge is 0.481 e. The van der Waals surface area contributed by atoms with Gasteiger partial charge in [0.2, 0.25) is 5.88 Å². The number of carbonyl (C=O) groups is 1. The Balaban J connectivity index is 2.45. The van der Waals surface area contributed by atoms with Gasteiger partial charge in [0.05, 0.1) is 18.5 Å². The molecule has 2 aromatic heterocycles. The van der Waals surface area contributed by atoms with Gasteiger partial charge in [0, 0.05) is 6.07 Å². The highest BCUT2D eigenvalue weighted by atomic mass is 16.5. The number of aromatic nitrogens is 2. The molecule has 0 spiro atoms. The minimum Gasteiger partial charge on any atom is -0.481 e. The second kappa shape index (κ2) is 4.61. The van der Waals surface area contributed by atoms with Crippen LogP contribution in [0.1, 0.15) is 10.5 Å². The highest BCUT2D eigenvalue weighted by Gasteiger charge is 2.07. The van der Waals surface area contributed by atoms with E-state index in [0.717, 1.165) is 0 Å². The zero-order valence-corrected chi connectivity index (χ0v) is 9.12. The average molecular weight is 230 g/mol. The van der Waals surface area contributed by atoms with Crippen molar-refractivity contribution in [3.63, 3.8) is 0 Å². The Labute approximate surface area is 97.7 Å². The van der Waals surface area contributed by atoms with Crippen molar-refractivity contribution in [3.05, 3.63) is 42.1 Å². The number of carboxylic acids is 1. The molecule has 0 saturated heterocycles. The summed E-state index contributed by atoms with van der Waals surface area (Å²) in [5, 5.41) is 8.85. The van der Waals surface area contributed by atoms with Crippen LogP contribution in [0.4, 0.5) is 0 Å². The zero-order chi connectivity index (χ0) is 12.3. The number of rotatable bonds is 3. The van der Waals surface area contributed by atoms with E-state index in [1.165, 1.54) is 13.2 Å². The van der Waals surface area contributed by atoms with Gasteiger partial charge in [-0.25, -0.2) is 14.8 Å². The molecular weight excluding hydrogens is 220 g/mol. The lowest BCUT2D eigenvalue weighted by Gasteiger charge is -2.03. The predicted molar refractivity (Wildman–Crippen MR) is 61.0 cm³/mol. The van der Waals surface area contributed by atoms with Crippen LogP contribution in [0.2, 0.25) is 0 Å². The van der Waals surface area contributed by atoms with Crippen LogP contribution in [0.5, 0.6) is 5.88 Å². The first kappa shape index (κ1) is 11.1. The summed E-state index contributed by atoms with van der Waals surface area (Å²) in [6, 6.07) is 10.0. The summed E-state index contributed by atoms with van der Waals surface area (Å²) in [6.45, 7) is 0. The van der Waals surface area contributed by atoms with Gasteiger partial charge in [-0.05, 0) is 18.2 Å². The smallest absolute Gasteiger partial charge is 0.354 e. The summed E-state index contributed by atoms with van der Waals surface area (Å²) in [5.74, 6) is -0.597. The van der Waals surface area contributed by atoms with Gasteiger partial charge in [-0.3, -0.25) is 0 Å².